The summed E-state index contributed by atoms with van der Waals surface area (Å²) < 4.78 is 59.4. The van der Waals surface area contributed by atoms with E-state index in [0.717, 1.165) is 30.0 Å². The van der Waals surface area contributed by atoms with Gasteiger partial charge in [-0.05, 0) is 53.8 Å². The number of rotatable bonds is 7. The molecule has 0 saturated carbocycles. The SMILES string of the molecule is CN(C(=O)C1CCN(C(=O)OCc2ccccc2)CC1)C(c1ccnc(F)c1)C(O)c1cccc(C(F)(F)F)c1. The van der Waals surface area contributed by atoms with Gasteiger partial charge in [0.15, 0.2) is 0 Å². The summed E-state index contributed by atoms with van der Waals surface area (Å²) in [6.45, 7) is 0.657. The van der Waals surface area contributed by atoms with Crippen molar-refractivity contribution >= 4 is 12.0 Å². The lowest BCUT2D eigenvalue weighted by Gasteiger charge is -2.37. The number of halogens is 4. The maximum atomic E-state index is 14.0. The van der Waals surface area contributed by atoms with E-state index >= 15 is 0 Å². The molecule has 3 aromatic rings. The van der Waals surface area contributed by atoms with Crippen LogP contribution < -0.4 is 0 Å². The molecule has 11 heteroatoms. The van der Waals surface area contributed by atoms with Gasteiger partial charge in [-0.15, -0.1) is 0 Å². The third-order valence-electron chi connectivity index (χ3n) is 7.02. The standard InChI is InChI=1S/C29H29F4N3O4/c1-35(27(38)20-11-14-36(15-12-20)28(39)40-18-19-6-3-2-4-7-19)25(21-10-13-34-24(30)17-21)26(37)22-8-5-9-23(16-22)29(31,32)33/h2-10,13,16-17,20,25-26,37H,11-12,14-15,18H2,1H3. The average Bonchev–Trinajstić information content (AvgIpc) is 2.96. The van der Waals surface area contributed by atoms with Crippen LogP contribution in [0.5, 0.6) is 0 Å². The maximum Gasteiger partial charge on any atom is 0.416 e. The number of benzene rings is 2. The highest BCUT2D eigenvalue weighted by atomic mass is 19.4. The summed E-state index contributed by atoms with van der Waals surface area (Å²) in [4.78, 5) is 32.3. The van der Waals surface area contributed by atoms with Crippen LogP contribution in [-0.2, 0) is 22.3 Å². The molecule has 7 nitrogen and oxygen atoms in total. The summed E-state index contributed by atoms with van der Waals surface area (Å²) in [5, 5.41) is 11.2. The number of carbonyl (C=O) groups excluding carboxylic acids is 2. The number of nitrogens with zero attached hydrogens (tertiary/aromatic N) is 3. The van der Waals surface area contributed by atoms with Gasteiger partial charge in [-0.3, -0.25) is 4.79 Å². The molecule has 2 atom stereocenters. The minimum Gasteiger partial charge on any atom is -0.445 e. The molecule has 1 aliphatic rings. The molecule has 0 spiro atoms. The Morgan fingerprint density at radius 1 is 1.05 bits per heavy atom. The van der Waals surface area contributed by atoms with Crippen molar-refractivity contribution in [2.75, 3.05) is 20.1 Å². The first-order valence-electron chi connectivity index (χ1n) is 12.7. The van der Waals surface area contributed by atoms with Gasteiger partial charge in [0.25, 0.3) is 0 Å². The number of amides is 2. The van der Waals surface area contributed by atoms with Crippen LogP contribution in [0.25, 0.3) is 0 Å². The number of likely N-dealkylation sites (N-methyl/N-ethyl adjacent to an activating group) is 1. The Hall–Kier alpha value is -3.99. The van der Waals surface area contributed by atoms with Crippen molar-refractivity contribution in [3.8, 4) is 0 Å². The smallest absolute Gasteiger partial charge is 0.416 e. The van der Waals surface area contributed by atoms with Gasteiger partial charge in [0, 0.05) is 32.3 Å². The van der Waals surface area contributed by atoms with E-state index in [1.807, 2.05) is 30.3 Å². The number of carbonyl (C=O) groups is 2. The van der Waals surface area contributed by atoms with Gasteiger partial charge >= 0.3 is 12.3 Å². The number of aliphatic hydroxyl groups is 1. The third-order valence-corrected chi connectivity index (χ3v) is 7.02. The molecular formula is C29H29F4N3O4. The zero-order chi connectivity index (χ0) is 28.9. The molecule has 1 N–H and O–H groups in total. The van der Waals surface area contributed by atoms with Crippen LogP contribution in [0.1, 0.15) is 47.2 Å². The number of alkyl halides is 3. The second kappa shape index (κ2) is 12.5. The second-order valence-electron chi connectivity index (χ2n) is 9.68. The highest BCUT2D eigenvalue weighted by Crippen LogP contribution is 2.38. The third kappa shape index (κ3) is 6.95. The molecule has 4 rings (SSSR count). The molecule has 1 fully saturated rings. The molecule has 0 aliphatic carbocycles. The molecule has 1 saturated heterocycles. The molecule has 0 bridgehead atoms. The number of aromatic nitrogens is 1. The first kappa shape index (κ1) is 29.0. The molecule has 2 unspecified atom stereocenters. The summed E-state index contributed by atoms with van der Waals surface area (Å²) in [6, 6.07) is 14.7. The van der Waals surface area contributed by atoms with Crippen LogP contribution in [0.2, 0.25) is 0 Å². The molecule has 1 aliphatic heterocycles. The Morgan fingerprint density at radius 2 is 1.75 bits per heavy atom. The number of hydrogen-bond acceptors (Lipinski definition) is 5. The molecule has 2 amide bonds. The summed E-state index contributed by atoms with van der Waals surface area (Å²) in [5.41, 5.74) is -0.00692. The zero-order valence-electron chi connectivity index (χ0n) is 21.7. The van der Waals surface area contributed by atoms with Crippen molar-refractivity contribution < 1.29 is 37.0 Å². The summed E-state index contributed by atoms with van der Waals surface area (Å²) in [7, 11) is 1.42. The van der Waals surface area contributed by atoms with E-state index in [1.54, 1.807) is 0 Å². The van der Waals surface area contributed by atoms with Gasteiger partial charge in [0.05, 0.1) is 11.6 Å². The molecule has 212 valence electrons. The maximum absolute atomic E-state index is 14.0. The Labute approximate surface area is 229 Å². The van der Waals surface area contributed by atoms with Gasteiger partial charge < -0.3 is 19.6 Å². The minimum absolute atomic E-state index is 0.0762. The van der Waals surface area contributed by atoms with Gasteiger partial charge in [0.1, 0.15) is 12.7 Å². The average molecular weight is 560 g/mol. The van der Waals surface area contributed by atoms with Crippen LogP contribution in [0, 0.1) is 11.9 Å². The van der Waals surface area contributed by atoms with Crippen molar-refractivity contribution in [3.05, 3.63) is 101 Å². The van der Waals surface area contributed by atoms with Crippen LogP contribution >= 0.6 is 0 Å². The van der Waals surface area contributed by atoms with E-state index < -0.39 is 41.8 Å². The quantitative estimate of drug-likeness (QED) is 0.305. The Balaban J connectivity index is 1.47. The number of ether oxygens (including phenoxy) is 1. The summed E-state index contributed by atoms with van der Waals surface area (Å²) in [6.07, 6.45) is -4.92. The van der Waals surface area contributed by atoms with Gasteiger partial charge in [-0.25, -0.2) is 9.78 Å². The predicted molar refractivity (Wildman–Crippen MR) is 137 cm³/mol. The van der Waals surface area contributed by atoms with Crippen molar-refractivity contribution in [2.24, 2.45) is 5.92 Å². The summed E-state index contributed by atoms with van der Waals surface area (Å²) in [5.74, 6) is -1.77. The fourth-order valence-corrected chi connectivity index (χ4v) is 4.85. The van der Waals surface area contributed by atoms with Crippen molar-refractivity contribution in [3.63, 3.8) is 0 Å². The normalized spacial score (nSPS) is 15.8. The van der Waals surface area contributed by atoms with Crippen LogP contribution in [0.3, 0.4) is 0 Å². The zero-order valence-corrected chi connectivity index (χ0v) is 21.7. The van der Waals surface area contributed by atoms with Crippen molar-refractivity contribution in [2.45, 2.75) is 37.8 Å². The molecule has 2 heterocycles. The molecule has 2 aromatic carbocycles. The lowest BCUT2D eigenvalue weighted by molar-refractivity contribution is -0.141. The molecule has 1 aromatic heterocycles. The molecule has 40 heavy (non-hydrogen) atoms. The topological polar surface area (TPSA) is 83.0 Å². The monoisotopic (exact) mass is 559 g/mol. The number of likely N-dealkylation sites (tertiary alicyclic amines) is 1. The highest BCUT2D eigenvalue weighted by Gasteiger charge is 2.37. The Bertz CT molecular complexity index is 1310. The number of hydrogen-bond donors (Lipinski definition) is 1. The van der Waals surface area contributed by atoms with Crippen molar-refractivity contribution in [1.29, 1.82) is 0 Å². The van der Waals surface area contributed by atoms with Gasteiger partial charge in [-0.1, -0.05) is 42.5 Å². The Kier molecular flexibility index (Phi) is 9.03. The van der Waals surface area contributed by atoms with Crippen LogP contribution in [0.15, 0.2) is 72.9 Å². The lowest BCUT2D eigenvalue weighted by Crippen LogP contribution is -2.45. The van der Waals surface area contributed by atoms with Gasteiger partial charge in [-0.2, -0.15) is 17.6 Å². The van der Waals surface area contributed by atoms with Gasteiger partial charge in [0.2, 0.25) is 11.9 Å². The van der Waals surface area contributed by atoms with Crippen LogP contribution in [-0.4, -0.2) is 52.0 Å². The highest BCUT2D eigenvalue weighted by molar-refractivity contribution is 5.79. The predicted octanol–water partition coefficient (Wildman–Crippen LogP) is 5.52. The van der Waals surface area contributed by atoms with E-state index in [4.69, 9.17) is 4.74 Å². The van der Waals surface area contributed by atoms with Crippen molar-refractivity contribution in [1.82, 2.24) is 14.8 Å². The van der Waals surface area contributed by atoms with E-state index in [9.17, 15) is 32.3 Å². The van der Waals surface area contributed by atoms with E-state index in [0.29, 0.717) is 12.8 Å². The van der Waals surface area contributed by atoms with E-state index in [1.165, 1.54) is 35.0 Å². The molecule has 0 radical (unpaired) electrons. The number of aliphatic hydroxyl groups excluding tert-OH is 1. The summed E-state index contributed by atoms with van der Waals surface area (Å²) >= 11 is 0. The fourth-order valence-electron chi connectivity index (χ4n) is 4.85. The first-order chi connectivity index (χ1) is 19.0. The Morgan fingerprint density at radius 3 is 2.40 bits per heavy atom. The minimum atomic E-state index is -4.63. The van der Waals surface area contributed by atoms with Crippen LogP contribution in [0.4, 0.5) is 22.4 Å². The molecular weight excluding hydrogens is 530 g/mol. The lowest BCUT2D eigenvalue weighted by atomic mass is 9.91. The van der Waals surface area contributed by atoms with E-state index in [2.05, 4.69) is 4.98 Å². The second-order valence-corrected chi connectivity index (χ2v) is 9.68. The van der Waals surface area contributed by atoms with E-state index in [-0.39, 0.29) is 36.7 Å². The largest absolute Gasteiger partial charge is 0.445 e. The number of pyridine rings is 1. The number of piperidine rings is 1. The first-order valence-corrected chi connectivity index (χ1v) is 12.7. The fraction of sp³-hybridized carbons (Fsp3) is 0.345.